The molecule has 0 bridgehead atoms. The predicted octanol–water partition coefficient (Wildman–Crippen LogP) is 2.38. The topological polar surface area (TPSA) is 40.5 Å². The lowest BCUT2D eigenvalue weighted by Gasteiger charge is -2.15. The Hall–Kier alpha value is -0.770. The summed E-state index contributed by atoms with van der Waals surface area (Å²) in [5.74, 6) is -0.0184. The summed E-state index contributed by atoms with van der Waals surface area (Å²) < 4.78 is 0. The van der Waals surface area contributed by atoms with Crippen molar-refractivity contribution in [2.75, 3.05) is 20.2 Å². The van der Waals surface area contributed by atoms with Gasteiger partial charge in [-0.25, -0.2) is 0 Å². The van der Waals surface area contributed by atoms with E-state index in [-0.39, 0.29) is 12.5 Å². The van der Waals surface area contributed by atoms with Crippen LogP contribution in [0.25, 0.3) is 0 Å². The zero-order valence-electron chi connectivity index (χ0n) is 9.62. The average molecular weight is 276 g/mol. The minimum atomic E-state index is -0.0276. The maximum atomic E-state index is 11.6. The quantitative estimate of drug-likeness (QED) is 0.897. The molecule has 0 heterocycles. The molecule has 1 rings (SSSR count). The lowest BCUT2D eigenvalue weighted by atomic mass is 10.1. The zero-order valence-corrected chi connectivity index (χ0v) is 11.1. The molecule has 0 aliphatic carbocycles. The summed E-state index contributed by atoms with van der Waals surface area (Å²) in [6, 6.07) is 5.38. The molecule has 0 aliphatic rings. The normalized spacial score (nSPS) is 10.4. The highest BCUT2D eigenvalue weighted by atomic mass is 35.5. The van der Waals surface area contributed by atoms with Crippen molar-refractivity contribution in [1.29, 1.82) is 0 Å². The third-order valence-electron chi connectivity index (χ3n) is 2.50. The SMILES string of the molecule is CN(CCO)C(=O)CCc1cccc(Cl)c1Cl. The van der Waals surface area contributed by atoms with Gasteiger partial charge in [-0.05, 0) is 18.1 Å². The number of nitrogens with zero attached hydrogens (tertiary/aromatic N) is 1. The van der Waals surface area contributed by atoms with Gasteiger partial charge in [-0.3, -0.25) is 4.79 Å². The molecule has 0 saturated heterocycles. The molecule has 94 valence electrons. The molecule has 0 unspecified atom stereocenters. The standard InChI is InChI=1S/C12H15Cl2NO2/c1-15(7-8-16)11(17)6-5-9-3-2-4-10(13)12(9)14/h2-4,16H,5-8H2,1H3. The number of rotatable bonds is 5. The largest absolute Gasteiger partial charge is 0.395 e. The third-order valence-corrected chi connectivity index (χ3v) is 3.36. The Balaban J connectivity index is 2.56. The van der Waals surface area contributed by atoms with Gasteiger partial charge in [0.2, 0.25) is 5.91 Å². The summed E-state index contributed by atoms with van der Waals surface area (Å²) in [4.78, 5) is 13.1. The minimum Gasteiger partial charge on any atom is -0.395 e. The first kappa shape index (κ1) is 14.3. The molecule has 3 nitrogen and oxygen atoms in total. The van der Waals surface area contributed by atoms with Crippen LogP contribution in [0.15, 0.2) is 18.2 Å². The van der Waals surface area contributed by atoms with Crippen molar-refractivity contribution in [2.24, 2.45) is 0 Å². The molecule has 1 aromatic rings. The van der Waals surface area contributed by atoms with Crippen LogP contribution >= 0.6 is 23.2 Å². The molecule has 1 aromatic carbocycles. The van der Waals surface area contributed by atoms with Crippen LogP contribution < -0.4 is 0 Å². The predicted molar refractivity (Wildman–Crippen MR) is 69.5 cm³/mol. The van der Waals surface area contributed by atoms with Crippen molar-refractivity contribution in [3.05, 3.63) is 33.8 Å². The summed E-state index contributed by atoms with van der Waals surface area (Å²) in [7, 11) is 1.66. The van der Waals surface area contributed by atoms with Crippen molar-refractivity contribution in [2.45, 2.75) is 12.8 Å². The molecule has 0 atom stereocenters. The number of amides is 1. The highest BCUT2D eigenvalue weighted by molar-refractivity contribution is 6.42. The van der Waals surface area contributed by atoms with Crippen molar-refractivity contribution in [3.63, 3.8) is 0 Å². The van der Waals surface area contributed by atoms with Gasteiger partial charge in [0, 0.05) is 20.0 Å². The number of carbonyl (C=O) groups excluding carboxylic acids is 1. The lowest BCUT2D eigenvalue weighted by Crippen LogP contribution is -2.29. The smallest absolute Gasteiger partial charge is 0.222 e. The molecule has 17 heavy (non-hydrogen) atoms. The van der Waals surface area contributed by atoms with Crippen molar-refractivity contribution in [1.82, 2.24) is 4.90 Å². The number of likely N-dealkylation sites (N-methyl/N-ethyl adjacent to an activating group) is 1. The first-order valence-electron chi connectivity index (χ1n) is 5.34. The van der Waals surface area contributed by atoms with Crippen LogP contribution in [0, 0.1) is 0 Å². The Bertz CT molecular complexity index is 396. The van der Waals surface area contributed by atoms with Gasteiger partial charge >= 0.3 is 0 Å². The van der Waals surface area contributed by atoms with Gasteiger partial charge in [0.05, 0.1) is 16.7 Å². The number of hydrogen-bond acceptors (Lipinski definition) is 2. The van der Waals surface area contributed by atoms with Gasteiger partial charge in [-0.15, -0.1) is 0 Å². The second-order valence-corrected chi connectivity index (χ2v) is 4.54. The summed E-state index contributed by atoms with van der Waals surface area (Å²) in [5.41, 5.74) is 0.866. The molecule has 0 fully saturated rings. The van der Waals surface area contributed by atoms with Gasteiger partial charge in [0.25, 0.3) is 0 Å². The minimum absolute atomic E-state index is 0.0184. The van der Waals surface area contributed by atoms with Crippen LogP contribution in [0.3, 0.4) is 0 Å². The zero-order chi connectivity index (χ0) is 12.8. The number of hydrogen-bond donors (Lipinski definition) is 1. The van der Waals surface area contributed by atoms with Crippen molar-refractivity contribution >= 4 is 29.1 Å². The number of aryl methyl sites for hydroxylation is 1. The number of aliphatic hydroxyl groups excluding tert-OH is 1. The molecule has 0 saturated carbocycles. The van der Waals surface area contributed by atoms with E-state index in [9.17, 15) is 4.79 Å². The van der Waals surface area contributed by atoms with Crippen molar-refractivity contribution < 1.29 is 9.90 Å². The Morgan fingerprint density at radius 1 is 1.41 bits per heavy atom. The van der Waals surface area contributed by atoms with E-state index in [4.69, 9.17) is 28.3 Å². The van der Waals surface area contributed by atoms with Crippen LogP contribution in [0.2, 0.25) is 10.0 Å². The molecule has 0 aromatic heterocycles. The number of carbonyl (C=O) groups is 1. The Kier molecular flexibility index (Phi) is 5.75. The van der Waals surface area contributed by atoms with Crippen LogP contribution in [0.4, 0.5) is 0 Å². The summed E-state index contributed by atoms with van der Waals surface area (Å²) in [5, 5.41) is 9.73. The van der Waals surface area contributed by atoms with E-state index < -0.39 is 0 Å². The van der Waals surface area contributed by atoms with Crippen LogP contribution in [-0.4, -0.2) is 36.1 Å². The van der Waals surface area contributed by atoms with E-state index >= 15 is 0 Å². The molecule has 1 amide bonds. The number of aliphatic hydroxyl groups is 1. The van der Waals surface area contributed by atoms with E-state index in [0.717, 1.165) is 5.56 Å². The highest BCUT2D eigenvalue weighted by Crippen LogP contribution is 2.26. The Morgan fingerprint density at radius 3 is 2.76 bits per heavy atom. The lowest BCUT2D eigenvalue weighted by molar-refractivity contribution is -0.130. The van der Waals surface area contributed by atoms with E-state index in [1.54, 1.807) is 13.1 Å². The first-order valence-corrected chi connectivity index (χ1v) is 6.09. The van der Waals surface area contributed by atoms with Crippen LogP contribution in [0.5, 0.6) is 0 Å². The molecular weight excluding hydrogens is 261 g/mol. The second kappa shape index (κ2) is 6.84. The summed E-state index contributed by atoms with van der Waals surface area (Å²) in [6.45, 7) is 0.322. The summed E-state index contributed by atoms with van der Waals surface area (Å²) >= 11 is 11.9. The molecule has 0 radical (unpaired) electrons. The monoisotopic (exact) mass is 275 g/mol. The van der Waals surface area contributed by atoms with E-state index in [2.05, 4.69) is 0 Å². The van der Waals surface area contributed by atoms with Gasteiger partial charge in [0.15, 0.2) is 0 Å². The van der Waals surface area contributed by atoms with Crippen LogP contribution in [0.1, 0.15) is 12.0 Å². The molecular formula is C12H15Cl2NO2. The molecule has 1 N–H and O–H groups in total. The average Bonchev–Trinajstić information content (AvgIpc) is 2.31. The fourth-order valence-corrected chi connectivity index (χ4v) is 1.86. The van der Waals surface area contributed by atoms with Gasteiger partial charge in [0.1, 0.15) is 0 Å². The fourth-order valence-electron chi connectivity index (χ4n) is 1.45. The van der Waals surface area contributed by atoms with E-state index in [1.165, 1.54) is 4.90 Å². The molecule has 0 spiro atoms. The number of halogens is 2. The maximum absolute atomic E-state index is 11.6. The fraction of sp³-hybridized carbons (Fsp3) is 0.417. The van der Waals surface area contributed by atoms with E-state index in [0.29, 0.717) is 29.4 Å². The van der Waals surface area contributed by atoms with E-state index in [1.807, 2.05) is 12.1 Å². The van der Waals surface area contributed by atoms with Crippen molar-refractivity contribution in [3.8, 4) is 0 Å². The summed E-state index contributed by atoms with van der Waals surface area (Å²) in [6.07, 6.45) is 0.907. The number of benzene rings is 1. The second-order valence-electron chi connectivity index (χ2n) is 3.75. The van der Waals surface area contributed by atoms with Gasteiger partial charge in [-0.1, -0.05) is 35.3 Å². The third kappa shape index (κ3) is 4.19. The van der Waals surface area contributed by atoms with Crippen LogP contribution in [-0.2, 0) is 11.2 Å². The Labute approximate surface area is 111 Å². The maximum Gasteiger partial charge on any atom is 0.222 e. The Morgan fingerprint density at radius 2 is 2.12 bits per heavy atom. The van der Waals surface area contributed by atoms with Gasteiger partial charge in [-0.2, -0.15) is 0 Å². The molecule has 0 aliphatic heterocycles. The van der Waals surface area contributed by atoms with Gasteiger partial charge < -0.3 is 10.0 Å². The highest BCUT2D eigenvalue weighted by Gasteiger charge is 2.10. The first-order chi connectivity index (χ1) is 8.06. The molecule has 5 heteroatoms.